The Morgan fingerprint density at radius 1 is 1.16 bits per heavy atom. The molecule has 1 aliphatic carbocycles. The van der Waals surface area contributed by atoms with Gasteiger partial charge in [-0.2, -0.15) is 0 Å². The van der Waals surface area contributed by atoms with Crippen LogP contribution in [0.3, 0.4) is 0 Å². The number of anilines is 1. The van der Waals surface area contributed by atoms with Crippen LogP contribution in [0.1, 0.15) is 74.0 Å². The van der Waals surface area contributed by atoms with Crippen molar-refractivity contribution in [3.8, 4) is 0 Å². The molecule has 1 amide bonds. The van der Waals surface area contributed by atoms with Crippen LogP contribution in [0.4, 0.5) is 5.69 Å². The number of allylic oxidation sites excluding steroid dienone is 1. The second kappa shape index (κ2) is 8.61. The number of carbonyl (C=O) groups is 2. The van der Waals surface area contributed by atoms with E-state index in [4.69, 9.17) is 0 Å². The summed E-state index contributed by atoms with van der Waals surface area (Å²) in [5.74, 6) is 0.289. The van der Waals surface area contributed by atoms with Crippen LogP contribution < -0.4 is 4.90 Å². The number of hydrogen-bond acceptors (Lipinski definition) is 3. The SMILES string of the molecule is C=CCN1C(=O)C(CCC)(CCC)c2cc3[nH]c4c(c3cc21)CCCC(=CN(C)C)C4=O. The van der Waals surface area contributed by atoms with Gasteiger partial charge in [0, 0.05) is 49.0 Å². The van der Waals surface area contributed by atoms with Gasteiger partial charge < -0.3 is 14.8 Å². The van der Waals surface area contributed by atoms with E-state index < -0.39 is 5.41 Å². The van der Waals surface area contributed by atoms with Crippen LogP contribution in [0.2, 0.25) is 0 Å². The van der Waals surface area contributed by atoms with E-state index in [0.29, 0.717) is 12.2 Å². The standard InChI is InChI=1S/C27H35N3O2/c1-6-12-27(13-7-2)21-16-22-20(15-23(21)30(14-8-3)26(27)32)19-11-9-10-18(17-29(4)5)25(31)24(19)28-22/h8,15-17,28H,3,6-7,9-14H2,1-2,4-5H3. The largest absolute Gasteiger partial charge is 0.383 e. The highest BCUT2D eigenvalue weighted by Gasteiger charge is 2.49. The van der Waals surface area contributed by atoms with Gasteiger partial charge in [0.2, 0.25) is 11.7 Å². The molecule has 1 aromatic carbocycles. The molecular weight excluding hydrogens is 398 g/mol. The van der Waals surface area contributed by atoms with E-state index >= 15 is 0 Å². The fourth-order valence-corrected chi connectivity index (χ4v) is 5.77. The lowest BCUT2D eigenvalue weighted by molar-refractivity contribution is -0.123. The predicted molar refractivity (Wildman–Crippen MR) is 131 cm³/mol. The maximum absolute atomic E-state index is 13.7. The predicted octanol–water partition coefficient (Wildman–Crippen LogP) is 5.50. The van der Waals surface area contributed by atoms with Crippen molar-refractivity contribution in [2.75, 3.05) is 25.5 Å². The molecule has 1 aromatic heterocycles. The topological polar surface area (TPSA) is 56.4 Å². The van der Waals surface area contributed by atoms with Crippen molar-refractivity contribution in [2.24, 2.45) is 0 Å². The number of aromatic amines is 1. The summed E-state index contributed by atoms with van der Waals surface area (Å²) in [5, 5.41) is 1.07. The molecule has 0 bridgehead atoms. The van der Waals surface area contributed by atoms with Gasteiger partial charge in [0.15, 0.2) is 0 Å². The number of H-pyrrole nitrogens is 1. The van der Waals surface area contributed by atoms with Crippen molar-refractivity contribution in [1.82, 2.24) is 9.88 Å². The Morgan fingerprint density at radius 2 is 1.88 bits per heavy atom. The molecule has 4 rings (SSSR count). The number of carbonyl (C=O) groups excluding carboxylic acids is 2. The minimum Gasteiger partial charge on any atom is -0.383 e. The van der Waals surface area contributed by atoms with Crippen molar-refractivity contribution < 1.29 is 9.59 Å². The van der Waals surface area contributed by atoms with Crippen LogP contribution >= 0.6 is 0 Å². The lowest BCUT2D eigenvalue weighted by Gasteiger charge is -2.28. The molecule has 5 heteroatoms. The zero-order valence-corrected chi connectivity index (χ0v) is 19.9. The van der Waals surface area contributed by atoms with Gasteiger partial charge in [0.05, 0.1) is 11.1 Å². The van der Waals surface area contributed by atoms with E-state index in [1.54, 1.807) is 6.08 Å². The third-order valence-corrected chi connectivity index (χ3v) is 6.95. The van der Waals surface area contributed by atoms with Crippen molar-refractivity contribution >= 4 is 28.3 Å². The summed E-state index contributed by atoms with van der Waals surface area (Å²) in [6.45, 7) is 8.69. The van der Waals surface area contributed by atoms with E-state index in [0.717, 1.165) is 78.2 Å². The summed E-state index contributed by atoms with van der Waals surface area (Å²) in [6.07, 6.45) is 9.89. The first-order chi connectivity index (χ1) is 15.4. The van der Waals surface area contributed by atoms with E-state index in [-0.39, 0.29) is 11.7 Å². The molecule has 32 heavy (non-hydrogen) atoms. The Hall–Kier alpha value is -2.82. The highest BCUT2D eigenvalue weighted by molar-refractivity contribution is 6.14. The van der Waals surface area contributed by atoms with Crippen LogP contribution in [0, 0.1) is 0 Å². The third-order valence-electron chi connectivity index (χ3n) is 6.95. The summed E-state index contributed by atoms with van der Waals surface area (Å²) in [5.41, 5.74) is 5.23. The lowest BCUT2D eigenvalue weighted by Crippen LogP contribution is -2.40. The van der Waals surface area contributed by atoms with Gasteiger partial charge in [-0.1, -0.05) is 32.8 Å². The van der Waals surface area contributed by atoms with Gasteiger partial charge in [-0.05, 0) is 55.4 Å². The minimum absolute atomic E-state index is 0.0926. The molecule has 1 N–H and O–H groups in total. The van der Waals surface area contributed by atoms with E-state index in [9.17, 15) is 9.59 Å². The Bertz CT molecular complexity index is 1100. The summed E-state index contributed by atoms with van der Waals surface area (Å²) in [4.78, 5) is 34.4. The highest BCUT2D eigenvalue weighted by atomic mass is 16.2. The molecule has 2 aromatic rings. The summed E-state index contributed by atoms with van der Waals surface area (Å²) >= 11 is 0. The van der Waals surface area contributed by atoms with Crippen molar-refractivity contribution in [3.05, 3.63) is 53.4 Å². The van der Waals surface area contributed by atoms with E-state index in [1.165, 1.54) is 0 Å². The average molecular weight is 434 g/mol. The number of nitrogens with one attached hydrogen (secondary N) is 1. The summed E-state index contributed by atoms with van der Waals surface area (Å²) in [7, 11) is 3.90. The van der Waals surface area contributed by atoms with Gasteiger partial charge in [0.1, 0.15) is 0 Å². The molecule has 0 atom stereocenters. The fourth-order valence-electron chi connectivity index (χ4n) is 5.77. The van der Waals surface area contributed by atoms with E-state index in [1.807, 2.05) is 30.1 Å². The Labute approximate surface area is 191 Å². The molecule has 0 radical (unpaired) electrons. The fraction of sp³-hybridized carbons (Fsp3) is 0.481. The molecule has 0 fully saturated rings. The van der Waals surface area contributed by atoms with Crippen molar-refractivity contribution in [3.63, 3.8) is 0 Å². The normalized spacial score (nSPS) is 18.8. The number of fused-ring (bicyclic) bond motifs is 4. The smallest absolute Gasteiger partial charge is 0.238 e. The number of rotatable bonds is 7. The molecule has 5 nitrogen and oxygen atoms in total. The maximum atomic E-state index is 13.7. The average Bonchev–Trinajstić information content (AvgIpc) is 3.15. The second-order valence-electron chi connectivity index (χ2n) is 9.48. The Morgan fingerprint density at radius 3 is 2.50 bits per heavy atom. The van der Waals surface area contributed by atoms with Crippen LogP contribution in [-0.2, 0) is 16.6 Å². The number of amides is 1. The van der Waals surface area contributed by atoms with Crippen LogP contribution in [0.5, 0.6) is 0 Å². The van der Waals surface area contributed by atoms with Gasteiger partial charge in [-0.25, -0.2) is 0 Å². The molecular formula is C27H35N3O2. The van der Waals surface area contributed by atoms with Crippen molar-refractivity contribution in [2.45, 2.75) is 64.2 Å². The molecule has 0 saturated carbocycles. The number of Topliss-reactive ketones (excluding diaryl/α,β-unsaturated/α-hetero) is 1. The van der Waals surface area contributed by atoms with E-state index in [2.05, 4.69) is 37.5 Å². The van der Waals surface area contributed by atoms with Crippen LogP contribution in [0.15, 0.2) is 36.6 Å². The first-order valence-corrected chi connectivity index (χ1v) is 11.9. The third kappa shape index (κ3) is 3.39. The molecule has 0 spiro atoms. The zero-order valence-electron chi connectivity index (χ0n) is 19.9. The molecule has 170 valence electrons. The van der Waals surface area contributed by atoms with Crippen LogP contribution in [-0.4, -0.2) is 42.2 Å². The van der Waals surface area contributed by atoms with Crippen molar-refractivity contribution in [1.29, 1.82) is 0 Å². The first kappa shape index (κ1) is 22.4. The highest BCUT2D eigenvalue weighted by Crippen LogP contribution is 2.49. The van der Waals surface area contributed by atoms with Gasteiger partial charge in [-0.15, -0.1) is 6.58 Å². The monoisotopic (exact) mass is 433 g/mol. The quantitative estimate of drug-likeness (QED) is 0.356. The molecule has 0 unspecified atom stereocenters. The first-order valence-electron chi connectivity index (χ1n) is 11.9. The number of ketones is 1. The number of nitrogens with zero attached hydrogens (tertiary/aromatic N) is 2. The van der Waals surface area contributed by atoms with Gasteiger partial charge >= 0.3 is 0 Å². The summed E-state index contributed by atoms with van der Waals surface area (Å²) < 4.78 is 0. The van der Waals surface area contributed by atoms with Crippen LogP contribution in [0.25, 0.3) is 10.9 Å². The van der Waals surface area contributed by atoms with Gasteiger partial charge in [-0.3, -0.25) is 9.59 Å². The number of benzene rings is 1. The molecule has 0 saturated heterocycles. The maximum Gasteiger partial charge on any atom is 0.238 e. The molecule has 2 heterocycles. The zero-order chi connectivity index (χ0) is 23.0. The lowest BCUT2D eigenvalue weighted by atomic mass is 9.74. The number of aromatic nitrogens is 1. The summed E-state index contributed by atoms with van der Waals surface area (Å²) in [6, 6.07) is 4.32. The Balaban J connectivity index is 1.93. The molecule has 1 aliphatic heterocycles. The number of aryl methyl sites for hydroxylation is 1. The number of hydrogen-bond donors (Lipinski definition) is 1. The second-order valence-corrected chi connectivity index (χ2v) is 9.48. The minimum atomic E-state index is -0.488. The van der Waals surface area contributed by atoms with Gasteiger partial charge in [0.25, 0.3) is 0 Å². The molecule has 2 aliphatic rings. The Kier molecular flexibility index (Phi) is 6.02.